The van der Waals surface area contributed by atoms with E-state index in [4.69, 9.17) is 5.26 Å². The van der Waals surface area contributed by atoms with Gasteiger partial charge in [-0.05, 0) is 38.2 Å². The SMILES string of the molecule is CCC(C#N)C(c1ccncc1)N(C)C. The molecular weight excluding hydrogens is 186 g/mol. The highest BCUT2D eigenvalue weighted by molar-refractivity contribution is 5.18. The molecule has 2 atom stereocenters. The van der Waals surface area contributed by atoms with Gasteiger partial charge in [0.05, 0.1) is 18.0 Å². The van der Waals surface area contributed by atoms with Gasteiger partial charge < -0.3 is 4.90 Å². The molecule has 3 heteroatoms. The van der Waals surface area contributed by atoms with E-state index in [-0.39, 0.29) is 12.0 Å². The van der Waals surface area contributed by atoms with E-state index in [0.29, 0.717) is 0 Å². The zero-order valence-electron chi connectivity index (χ0n) is 9.51. The van der Waals surface area contributed by atoms with Gasteiger partial charge in [0.15, 0.2) is 0 Å². The molecule has 0 saturated heterocycles. The molecule has 1 aromatic rings. The molecule has 1 heterocycles. The number of hydrogen-bond acceptors (Lipinski definition) is 3. The van der Waals surface area contributed by atoms with E-state index in [2.05, 4.69) is 16.0 Å². The predicted molar refractivity (Wildman–Crippen MR) is 60.1 cm³/mol. The molecule has 80 valence electrons. The number of rotatable bonds is 4. The summed E-state index contributed by atoms with van der Waals surface area (Å²) in [6.45, 7) is 2.05. The van der Waals surface area contributed by atoms with E-state index in [0.717, 1.165) is 12.0 Å². The van der Waals surface area contributed by atoms with Gasteiger partial charge in [-0.25, -0.2) is 0 Å². The molecule has 0 amide bonds. The first-order valence-electron chi connectivity index (χ1n) is 5.16. The van der Waals surface area contributed by atoms with Crippen LogP contribution in [0.2, 0.25) is 0 Å². The Hall–Kier alpha value is -1.40. The molecule has 0 aromatic carbocycles. The van der Waals surface area contributed by atoms with Crippen molar-refractivity contribution in [3.63, 3.8) is 0 Å². The van der Waals surface area contributed by atoms with Crippen molar-refractivity contribution in [2.75, 3.05) is 14.1 Å². The van der Waals surface area contributed by atoms with E-state index in [1.165, 1.54) is 0 Å². The summed E-state index contributed by atoms with van der Waals surface area (Å²) in [7, 11) is 4.01. The van der Waals surface area contributed by atoms with Gasteiger partial charge in [-0.15, -0.1) is 0 Å². The minimum atomic E-state index is 0.0300. The average Bonchev–Trinajstić information content (AvgIpc) is 2.26. The summed E-state index contributed by atoms with van der Waals surface area (Å²) in [4.78, 5) is 6.09. The molecule has 0 aliphatic carbocycles. The third-order valence-electron chi connectivity index (χ3n) is 2.59. The van der Waals surface area contributed by atoms with E-state index >= 15 is 0 Å². The van der Waals surface area contributed by atoms with Crippen molar-refractivity contribution in [2.24, 2.45) is 5.92 Å². The number of nitrogens with zero attached hydrogens (tertiary/aromatic N) is 3. The lowest BCUT2D eigenvalue weighted by Gasteiger charge is -2.28. The molecule has 0 bridgehead atoms. The fraction of sp³-hybridized carbons (Fsp3) is 0.500. The summed E-state index contributed by atoms with van der Waals surface area (Å²) in [6, 6.07) is 6.48. The van der Waals surface area contributed by atoms with Gasteiger partial charge in [-0.1, -0.05) is 6.92 Å². The maximum atomic E-state index is 9.11. The summed E-state index contributed by atoms with van der Waals surface area (Å²) in [5.74, 6) is 0.0300. The molecule has 1 rings (SSSR count). The van der Waals surface area contributed by atoms with Crippen LogP contribution in [0.15, 0.2) is 24.5 Å². The van der Waals surface area contributed by atoms with Gasteiger partial charge in [0.2, 0.25) is 0 Å². The zero-order valence-corrected chi connectivity index (χ0v) is 9.51. The molecular formula is C12H17N3. The van der Waals surface area contributed by atoms with Crippen LogP contribution in [0.4, 0.5) is 0 Å². The quantitative estimate of drug-likeness (QED) is 0.753. The Kier molecular flexibility index (Phi) is 4.26. The monoisotopic (exact) mass is 203 g/mol. The van der Waals surface area contributed by atoms with Gasteiger partial charge >= 0.3 is 0 Å². The van der Waals surface area contributed by atoms with Crippen molar-refractivity contribution in [3.05, 3.63) is 30.1 Å². The second-order valence-electron chi connectivity index (χ2n) is 3.83. The molecule has 0 spiro atoms. The number of aromatic nitrogens is 1. The third kappa shape index (κ3) is 2.77. The first kappa shape index (κ1) is 11.7. The predicted octanol–water partition coefficient (Wildman–Crippen LogP) is 2.23. The van der Waals surface area contributed by atoms with E-state index < -0.39 is 0 Å². The highest BCUT2D eigenvalue weighted by atomic mass is 15.1. The fourth-order valence-electron chi connectivity index (χ4n) is 1.84. The van der Waals surface area contributed by atoms with Crippen LogP contribution >= 0.6 is 0 Å². The van der Waals surface area contributed by atoms with Crippen LogP contribution in [0.1, 0.15) is 24.9 Å². The Morgan fingerprint density at radius 3 is 2.40 bits per heavy atom. The lowest BCUT2D eigenvalue weighted by molar-refractivity contribution is 0.241. The van der Waals surface area contributed by atoms with Crippen LogP contribution in [0.5, 0.6) is 0 Å². The van der Waals surface area contributed by atoms with Crippen LogP contribution in [0.25, 0.3) is 0 Å². The Bertz CT molecular complexity index is 326. The van der Waals surface area contributed by atoms with Crippen molar-refractivity contribution < 1.29 is 0 Å². The molecule has 0 aliphatic rings. The summed E-state index contributed by atoms with van der Waals surface area (Å²) in [5.41, 5.74) is 1.16. The molecule has 0 N–H and O–H groups in total. The first-order chi connectivity index (χ1) is 7.20. The van der Waals surface area contributed by atoms with Crippen LogP contribution in [0.3, 0.4) is 0 Å². The topological polar surface area (TPSA) is 39.9 Å². The van der Waals surface area contributed by atoms with E-state index in [9.17, 15) is 0 Å². The van der Waals surface area contributed by atoms with Gasteiger partial charge in [-0.3, -0.25) is 4.98 Å². The maximum Gasteiger partial charge on any atom is 0.0675 e. The summed E-state index contributed by atoms with van der Waals surface area (Å²) in [5, 5.41) is 9.11. The molecule has 2 unspecified atom stereocenters. The zero-order chi connectivity index (χ0) is 11.3. The van der Waals surface area contributed by atoms with Crippen LogP contribution in [0, 0.1) is 17.2 Å². The molecule has 0 fully saturated rings. The summed E-state index contributed by atoms with van der Waals surface area (Å²) in [6.07, 6.45) is 4.41. The van der Waals surface area contributed by atoms with E-state index in [1.54, 1.807) is 12.4 Å². The first-order valence-corrected chi connectivity index (χ1v) is 5.16. The second kappa shape index (κ2) is 5.47. The Balaban J connectivity index is 2.99. The van der Waals surface area contributed by atoms with Gasteiger partial charge in [0.25, 0.3) is 0 Å². The molecule has 0 aliphatic heterocycles. The van der Waals surface area contributed by atoms with E-state index in [1.807, 2.05) is 33.2 Å². The van der Waals surface area contributed by atoms with Crippen molar-refractivity contribution in [1.29, 1.82) is 5.26 Å². The van der Waals surface area contributed by atoms with Crippen LogP contribution < -0.4 is 0 Å². The third-order valence-corrected chi connectivity index (χ3v) is 2.59. The Labute approximate surface area is 91.4 Å². The maximum absolute atomic E-state index is 9.11. The van der Waals surface area contributed by atoms with Crippen LogP contribution in [-0.2, 0) is 0 Å². The highest BCUT2D eigenvalue weighted by Gasteiger charge is 2.23. The van der Waals surface area contributed by atoms with Crippen molar-refractivity contribution in [1.82, 2.24) is 9.88 Å². The molecule has 0 radical (unpaired) electrons. The highest BCUT2D eigenvalue weighted by Crippen LogP contribution is 2.27. The number of pyridine rings is 1. The minimum absolute atomic E-state index is 0.0300. The van der Waals surface area contributed by atoms with Gasteiger partial charge in [0.1, 0.15) is 0 Å². The van der Waals surface area contributed by atoms with Crippen molar-refractivity contribution >= 4 is 0 Å². The standard InChI is InChI=1S/C12H17N3/c1-4-10(9-13)12(15(2)3)11-5-7-14-8-6-11/h5-8,10,12H,4H2,1-3H3. The smallest absolute Gasteiger partial charge is 0.0675 e. The van der Waals surface area contributed by atoms with Gasteiger partial charge in [0, 0.05) is 12.4 Å². The Morgan fingerprint density at radius 1 is 1.40 bits per heavy atom. The summed E-state index contributed by atoms with van der Waals surface area (Å²) >= 11 is 0. The molecule has 0 saturated carbocycles. The second-order valence-corrected chi connectivity index (χ2v) is 3.83. The summed E-state index contributed by atoms with van der Waals surface area (Å²) < 4.78 is 0. The molecule has 3 nitrogen and oxygen atoms in total. The van der Waals surface area contributed by atoms with Crippen molar-refractivity contribution in [3.8, 4) is 6.07 Å². The Morgan fingerprint density at radius 2 is 2.00 bits per heavy atom. The lowest BCUT2D eigenvalue weighted by Crippen LogP contribution is -2.26. The fourth-order valence-corrected chi connectivity index (χ4v) is 1.84. The number of hydrogen-bond donors (Lipinski definition) is 0. The largest absolute Gasteiger partial charge is 0.301 e. The lowest BCUT2D eigenvalue weighted by atomic mass is 9.92. The molecule has 15 heavy (non-hydrogen) atoms. The number of nitriles is 1. The average molecular weight is 203 g/mol. The van der Waals surface area contributed by atoms with Gasteiger partial charge in [-0.2, -0.15) is 5.26 Å². The van der Waals surface area contributed by atoms with Crippen molar-refractivity contribution in [2.45, 2.75) is 19.4 Å². The normalized spacial score (nSPS) is 14.6. The van der Waals surface area contributed by atoms with Crippen LogP contribution in [-0.4, -0.2) is 24.0 Å². The minimum Gasteiger partial charge on any atom is -0.301 e. The molecule has 1 aromatic heterocycles.